The molecule has 6 aromatic heterocycles. The van der Waals surface area contributed by atoms with Crippen molar-refractivity contribution in [3.8, 4) is 0 Å². The van der Waals surface area contributed by atoms with Crippen LogP contribution in [0.1, 0.15) is 289 Å². The first-order valence-electron chi connectivity index (χ1n) is 37.6. The van der Waals surface area contributed by atoms with E-state index in [-0.39, 0.29) is 74.6 Å². The van der Waals surface area contributed by atoms with Crippen LogP contribution in [0.15, 0.2) is 85.5 Å². The maximum atomic E-state index is 13.7. The predicted molar refractivity (Wildman–Crippen MR) is 407 cm³/mol. The first kappa shape index (κ1) is 77.3. The van der Waals surface area contributed by atoms with Crippen LogP contribution in [0.25, 0.3) is 30.6 Å². The maximum Gasteiger partial charge on any atom is 0.248 e. The van der Waals surface area contributed by atoms with Crippen LogP contribution < -0.4 is 0 Å². The van der Waals surface area contributed by atoms with E-state index in [9.17, 15) is 41.4 Å². The van der Waals surface area contributed by atoms with E-state index >= 15 is 0 Å². The van der Waals surface area contributed by atoms with Gasteiger partial charge in [0.05, 0.1) is 85.9 Å². The molecule has 0 unspecified atom stereocenters. The third-order valence-electron chi connectivity index (χ3n) is 22.9. The van der Waals surface area contributed by atoms with Gasteiger partial charge >= 0.3 is 0 Å². The number of alkyl halides is 6. The number of ether oxygens (including phenoxy) is 3. The molecule has 2 N–H and O–H groups in total. The van der Waals surface area contributed by atoms with Gasteiger partial charge < -0.3 is 38.0 Å². The number of hydrogen-bond acceptors (Lipinski definition) is 18. The maximum absolute atomic E-state index is 13.7. The zero-order chi connectivity index (χ0) is 73.7. The van der Waals surface area contributed by atoms with E-state index in [2.05, 4.69) is 90.2 Å². The molecule has 0 saturated heterocycles. The quantitative estimate of drug-likeness (QED) is 0.0815. The molecule has 9 aliphatic carbocycles. The number of nitrogens with zero attached hydrogens (tertiary/aromatic N) is 6. The summed E-state index contributed by atoms with van der Waals surface area (Å²) in [4.78, 5) is 25.0. The van der Waals surface area contributed by atoms with Crippen molar-refractivity contribution >= 4 is 134 Å². The fourth-order valence-corrected chi connectivity index (χ4v) is 21.3. The van der Waals surface area contributed by atoms with Gasteiger partial charge in [-0.05, 0) is 212 Å². The third kappa shape index (κ3) is 18.8. The Morgan fingerprint density at radius 3 is 1.02 bits per heavy atom. The van der Waals surface area contributed by atoms with Gasteiger partial charge in [0.15, 0.2) is 3.92 Å². The fraction of sp³-hybridized carbons (Fsp3) is 0.603. The first-order chi connectivity index (χ1) is 50.9. The minimum atomic E-state index is -2.56. The number of benzene rings is 3. The van der Waals surface area contributed by atoms with E-state index in [1.807, 2.05) is 48.5 Å². The molecule has 0 spiro atoms. The summed E-state index contributed by atoms with van der Waals surface area (Å²) >= 11 is 18.5. The summed E-state index contributed by atoms with van der Waals surface area (Å²) in [5, 5.41) is 37.2. The minimum absolute atomic E-state index is 0.0139. The summed E-state index contributed by atoms with van der Waals surface area (Å²) < 4.78 is 125. The molecule has 0 aliphatic heterocycles. The Balaban J connectivity index is 0.000000120. The molecule has 570 valence electrons. The second-order valence-corrected chi connectivity index (χ2v) is 38.0. The highest BCUT2D eigenvalue weighted by Crippen LogP contribution is 2.52. The van der Waals surface area contributed by atoms with E-state index < -0.39 is 29.0 Å². The molecule has 9 saturated carbocycles. The number of fused-ring (bicyclic) bond motifs is 3. The van der Waals surface area contributed by atoms with Gasteiger partial charge in [0.2, 0.25) is 17.8 Å². The molecule has 28 heteroatoms. The number of carbonyl (C=O) groups is 1. The van der Waals surface area contributed by atoms with Crippen molar-refractivity contribution in [2.75, 3.05) is 0 Å². The highest BCUT2D eigenvalue weighted by molar-refractivity contribution is 9.11. The number of aliphatic hydroxyl groups is 2. The van der Waals surface area contributed by atoms with Crippen molar-refractivity contribution in [2.45, 2.75) is 295 Å². The smallest absolute Gasteiger partial charge is 0.248 e. The van der Waals surface area contributed by atoms with E-state index in [0.29, 0.717) is 120 Å². The molecule has 106 heavy (non-hydrogen) atoms. The van der Waals surface area contributed by atoms with E-state index in [0.717, 1.165) is 181 Å². The van der Waals surface area contributed by atoms with Crippen molar-refractivity contribution in [3.05, 3.63) is 133 Å². The second kappa shape index (κ2) is 32.6. The van der Waals surface area contributed by atoms with E-state index in [4.69, 9.17) is 37.7 Å². The average Bonchev–Trinajstić information content (AvgIpc) is 1.67. The Kier molecular flexibility index (Phi) is 23.7. The number of aromatic nitrogens is 6. The standard InChI is InChI=1S/2C26H29BrF2N2O3S.C19H25F2NO3.C7H3Br2NS/c2*27-17-3-4-20-21(13-17)35-24(30-20)25(32)9-7-18(8-10-25)33-14-19-22(31-34-23(19)16-1-2-16)15-5-11-26(28,29)12-6-15;20-19(21)9-7-12(8-10-19)17-16(18(25-22-17)13-1-2-13)11-24-15-5-3-14(23)4-6-15;8-4-1-2-5-6(3-4)11-7(9)10-5/h2*3-4,13,15-16,18,32H,1-2,5-12,14H2;12-13,15H,1-11H2;1-3H. The van der Waals surface area contributed by atoms with Crippen molar-refractivity contribution in [3.63, 3.8) is 0 Å². The number of thiazole rings is 3. The summed E-state index contributed by atoms with van der Waals surface area (Å²) in [7, 11) is 0. The van der Waals surface area contributed by atoms with Gasteiger partial charge in [-0.1, -0.05) is 63.3 Å². The van der Waals surface area contributed by atoms with Gasteiger partial charge in [-0.3, -0.25) is 4.79 Å². The van der Waals surface area contributed by atoms with Crippen LogP contribution >= 0.6 is 97.7 Å². The molecule has 6 heterocycles. The Labute approximate surface area is 656 Å². The lowest BCUT2D eigenvalue weighted by atomic mass is 9.83. The fourth-order valence-electron chi connectivity index (χ4n) is 16.0. The molecule has 0 atom stereocenters. The van der Waals surface area contributed by atoms with Crippen LogP contribution in [-0.2, 0) is 50.0 Å². The summed E-state index contributed by atoms with van der Waals surface area (Å²) in [5.74, 6) is -3.40. The number of halogens is 10. The molecule has 0 amide bonds. The number of carbonyl (C=O) groups excluding carboxylic acids is 1. The number of rotatable bonds is 17. The van der Waals surface area contributed by atoms with Crippen LogP contribution in [0.4, 0.5) is 26.3 Å². The zero-order valence-corrected chi connectivity index (χ0v) is 67.5. The molecule has 0 radical (unpaired) electrons. The predicted octanol–water partition coefficient (Wildman–Crippen LogP) is 23.8. The molecular weight excluding hydrogens is 1690 g/mol. The molecule has 9 aliphatic rings. The number of ketones is 1. The molecular formula is C78H86Br4F6N6O9S3. The summed E-state index contributed by atoms with van der Waals surface area (Å²) in [5.41, 5.74) is 6.48. The zero-order valence-electron chi connectivity index (χ0n) is 58.7. The lowest BCUT2D eigenvalue weighted by Crippen LogP contribution is -2.34. The van der Waals surface area contributed by atoms with Crippen molar-refractivity contribution in [1.82, 2.24) is 30.4 Å². The third-order valence-corrected chi connectivity index (χ3v) is 28.3. The van der Waals surface area contributed by atoms with Gasteiger partial charge in [-0.25, -0.2) is 41.3 Å². The summed E-state index contributed by atoms with van der Waals surface area (Å²) in [6, 6.07) is 18.0. The normalized spacial score (nSPS) is 25.3. The highest BCUT2D eigenvalue weighted by Gasteiger charge is 2.46. The van der Waals surface area contributed by atoms with Gasteiger partial charge in [0, 0.05) is 117 Å². The molecule has 9 fully saturated rings. The van der Waals surface area contributed by atoms with E-state index in [1.165, 1.54) is 4.70 Å². The Hall–Kier alpha value is -4.07. The Morgan fingerprint density at radius 2 is 0.698 bits per heavy atom. The lowest BCUT2D eigenvalue weighted by Gasteiger charge is -2.34. The van der Waals surface area contributed by atoms with Crippen molar-refractivity contribution < 1.29 is 69.1 Å². The minimum Gasteiger partial charge on any atom is -0.383 e. The topological polar surface area (TPSA) is 202 Å². The first-order valence-corrected chi connectivity index (χ1v) is 43.2. The van der Waals surface area contributed by atoms with Gasteiger partial charge in [0.1, 0.15) is 44.3 Å². The average molecular weight is 1780 g/mol. The largest absolute Gasteiger partial charge is 0.383 e. The molecule has 0 bridgehead atoms. The van der Waals surface area contributed by atoms with Crippen molar-refractivity contribution in [1.29, 1.82) is 0 Å². The van der Waals surface area contributed by atoms with Crippen LogP contribution in [-0.4, -0.2) is 82.5 Å². The highest BCUT2D eigenvalue weighted by atomic mass is 79.9. The SMILES string of the molecule is Brc1ccc2nc(Br)sc2c1.O=C1CCC(OCc2c(C3CCC(F)(F)CC3)noc2C2CC2)CC1.OC1(c2nc3ccc(Br)cc3s2)CCC(OCc2c(C3CCC(F)(F)CC3)noc2C2CC2)CC1.OC1(c2nc3ccc(Br)cc3s2)CCC(OCc2c(C3CCC(F)(F)CC3)noc2C2CC2)CC1. The number of hydrogen-bond donors (Lipinski definition) is 2. The van der Waals surface area contributed by atoms with Gasteiger partial charge in [-0.15, -0.1) is 34.0 Å². The molecule has 3 aromatic carbocycles. The summed E-state index contributed by atoms with van der Waals surface area (Å²) in [6.07, 6.45) is 16.9. The second-order valence-electron chi connectivity index (χ2n) is 30.9. The van der Waals surface area contributed by atoms with Crippen molar-refractivity contribution in [2.24, 2.45) is 0 Å². The van der Waals surface area contributed by atoms with Crippen LogP contribution in [0.5, 0.6) is 0 Å². The van der Waals surface area contributed by atoms with Crippen LogP contribution in [0.2, 0.25) is 0 Å². The lowest BCUT2D eigenvalue weighted by molar-refractivity contribution is -0.123. The monoisotopic (exact) mass is 1780 g/mol. The van der Waals surface area contributed by atoms with Crippen LogP contribution in [0.3, 0.4) is 0 Å². The van der Waals surface area contributed by atoms with Gasteiger partial charge in [-0.2, -0.15) is 0 Å². The Morgan fingerprint density at radius 1 is 0.396 bits per heavy atom. The molecule has 18 rings (SSSR count). The van der Waals surface area contributed by atoms with E-state index in [1.54, 1.807) is 34.0 Å². The van der Waals surface area contributed by atoms with Gasteiger partial charge in [0.25, 0.3) is 0 Å². The number of Topliss-reactive ketones (excluding diaryl/α,β-unsaturated/α-hetero) is 1. The molecule has 15 nitrogen and oxygen atoms in total. The summed E-state index contributed by atoms with van der Waals surface area (Å²) in [6.45, 7) is 1.22. The molecule has 9 aromatic rings. The van der Waals surface area contributed by atoms with Crippen LogP contribution in [0, 0.1) is 0 Å². The Bertz CT molecular complexity index is 4330.